The molecule has 18 unspecified atom stereocenters. The summed E-state index contributed by atoms with van der Waals surface area (Å²) >= 11 is 0. The van der Waals surface area contributed by atoms with Crippen molar-refractivity contribution in [3.05, 3.63) is 24.3 Å². The monoisotopic (exact) mass is 1420 g/mol. The molecule has 23 nitrogen and oxygen atoms in total. The van der Waals surface area contributed by atoms with Crippen molar-refractivity contribution < 1.29 is 104 Å². The van der Waals surface area contributed by atoms with E-state index in [1.807, 2.05) is 0 Å². The summed E-state index contributed by atoms with van der Waals surface area (Å²) in [7, 11) is 0. The van der Waals surface area contributed by atoms with E-state index >= 15 is 0 Å². The molecule has 3 aliphatic heterocycles. The van der Waals surface area contributed by atoms with Crippen LogP contribution in [0.4, 0.5) is 0 Å². The maximum Gasteiger partial charge on any atom is 0.364 e. The number of aliphatic carboxylic acids is 1. The van der Waals surface area contributed by atoms with Gasteiger partial charge in [0.05, 0.1) is 50.7 Å². The molecule has 0 saturated carbocycles. The molecule has 0 bridgehead atoms. The van der Waals surface area contributed by atoms with Crippen molar-refractivity contribution in [1.29, 1.82) is 0 Å². The van der Waals surface area contributed by atoms with Gasteiger partial charge in [-0.2, -0.15) is 0 Å². The van der Waals surface area contributed by atoms with Crippen molar-refractivity contribution in [2.45, 2.75) is 413 Å². The molecule has 14 N–H and O–H groups in total. The predicted octanol–water partition coefficient (Wildman–Crippen LogP) is 9.57. The lowest BCUT2D eigenvalue weighted by Gasteiger charge is -2.50. The number of carboxylic acids is 1. The van der Waals surface area contributed by atoms with Gasteiger partial charge in [-0.3, -0.25) is 9.59 Å². The second-order valence-corrected chi connectivity index (χ2v) is 28.5. The van der Waals surface area contributed by atoms with E-state index in [9.17, 15) is 75.7 Å². The molecule has 0 aromatic rings. The number of aliphatic hydroxyl groups is 11. The van der Waals surface area contributed by atoms with Crippen molar-refractivity contribution in [2.24, 2.45) is 0 Å². The largest absolute Gasteiger partial charge is 0.477 e. The Bertz CT molecular complexity index is 2080. The van der Waals surface area contributed by atoms with Gasteiger partial charge >= 0.3 is 5.97 Å². The Morgan fingerprint density at radius 3 is 1.46 bits per heavy atom. The predicted molar refractivity (Wildman–Crippen MR) is 380 cm³/mol. The number of nitrogens with one attached hydrogen (secondary N) is 2. The number of allylic oxidation sites excluding steroid dienone is 4. The Balaban J connectivity index is 1.53. The first-order chi connectivity index (χ1) is 47.9. The van der Waals surface area contributed by atoms with Crippen LogP contribution in [0.2, 0.25) is 0 Å². The molecule has 3 fully saturated rings. The zero-order chi connectivity index (χ0) is 72.5. The van der Waals surface area contributed by atoms with Crippen LogP contribution in [0, 0.1) is 0 Å². The lowest BCUT2D eigenvalue weighted by atomic mass is 9.88. The van der Waals surface area contributed by atoms with Crippen molar-refractivity contribution in [3.8, 4) is 0 Å². The van der Waals surface area contributed by atoms with Crippen molar-refractivity contribution >= 4 is 17.8 Å². The fourth-order valence-corrected chi connectivity index (χ4v) is 13.8. The van der Waals surface area contributed by atoms with Crippen LogP contribution in [0.5, 0.6) is 0 Å². The molecule has 0 spiro atoms. The summed E-state index contributed by atoms with van der Waals surface area (Å²) in [5, 5.41) is 137. The second kappa shape index (κ2) is 55.7. The van der Waals surface area contributed by atoms with Gasteiger partial charge in [-0.05, 0) is 38.5 Å². The summed E-state index contributed by atoms with van der Waals surface area (Å²) in [4.78, 5) is 38.7. The third-order valence-corrected chi connectivity index (χ3v) is 19.9. The van der Waals surface area contributed by atoms with Crippen LogP contribution in [0.1, 0.15) is 303 Å². The minimum absolute atomic E-state index is 0.224. The molecule has 0 aromatic carbocycles. The molecular formula is C76H140N2O21. The van der Waals surface area contributed by atoms with Crippen molar-refractivity contribution in [3.63, 3.8) is 0 Å². The number of carbonyl (C=O) groups is 3. The molecule has 99 heavy (non-hydrogen) atoms. The first kappa shape index (κ1) is 90.4. The quantitative estimate of drug-likeness (QED) is 0.0199. The highest BCUT2D eigenvalue weighted by molar-refractivity contribution is 5.77. The van der Waals surface area contributed by atoms with Crippen LogP contribution in [-0.4, -0.2) is 215 Å². The van der Waals surface area contributed by atoms with Gasteiger partial charge in [-0.15, -0.1) is 0 Å². The zero-order valence-electron chi connectivity index (χ0n) is 61.1. The number of rotatable bonds is 61. The first-order valence-electron chi connectivity index (χ1n) is 39.2. The van der Waals surface area contributed by atoms with Crippen LogP contribution in [0.15, 0.2) is 24.3 Å². The number of hydrogen-bond acceptors (Lipinski definition) is 20. The Hall–Kier alpha value is -2.79. The van der Waals surface area contributed by atoms with Gasteiger partial charge in [0.25, 0.3) is 5.79 Å². The number of aliphatic hydroxyl groups excluding tert-OH is 11. The highest BCUT2D eigenvalue weighted by Gasteiger charge is 2.60. The third kappa shape index (κ3) is 36.7. The minimum Gasteiger partial charge on any atom is -0.477 e. The molecule has 3 heterocycles. The normalized spacial score (nSPS) is 27.2. The Labute approximate surface area is 594 Å². The van der Waals surface area contributed by atoms with Crippen LogP contribution >= 0.6 is 0 Å². The van der Waals surface area contributed by atoms with Crippen LogP contribution < -0.4 is 10.6 Å². The average Bonchev–Trinajstić information content (AvgIpc) is 0.736. The summed E-state index contributed by atoms with van der Waals surface area (Å²) in [5.74, 6) is -6.10. The smallest absolute Gasteiger partial charge is 0.364 e. The summed E-state index contributed by atoms with van der Waals surface area (Å²) in [6, 6.07) is -2.53. The average molecular weight is 1420 g/mol. The van der Waals surface area contributed by atoms with Gasteiger partial charge in [0, 0.05) is 19.8 Å². The number of unbranched alkanes of at least 4 members (excludes halogenated alkanes) is 37. The van der Waals surface area contributed by atoms with Gasteiger partial charge in [0.2, 0.25) is 11.8 Å². The molecule has 3 saturated heterocycles. The molecule has 0 aromatic heterocycles. The van der Waals surface area contributed by atoms with E-state index in [0.717, 1.165) is 71.1 Å². The maximum atomic E-state index is 13.5. The summed E-state index contributed by atoms with van der Waals surface area (Å²) < 4.78 is 35.0. The van der Waals surface area contributed by atoms with E-state index < -0.39 is 148 Å². The summed E-state index contributed by atoms with van der Waals surface area (Å²) in [6.07, 6.45) is 30.2. The lowest BCUT2D eigenvalue weighted by molar-refractivity contribution is -0.386. The van der Waals surface area contributed by atoms with Gasteiger partial charge in [-0.1, -0.05) is 269 Å². The number of carboxylic acid groups (broad SMARTS) is 1. The Morgan fingerprint density at radius 2 is 1.00 bits per heavy atom. The van der Waals surface area contributed by atoms with E-state index in [0.29, 0.717) is 19.3 Å². The zero-order valence-corrected chi connectivity index (χ0v) is 61.1. The number of carbonyl (C=O) groups excluding carboxylic acids is 2. The molecule has 580 valence electrons. The second-order valence-electron chi connectivity index (χ2n) is 28.5. The van der Waals surface area contributed by atoms with Crippen LogP contribution in [0.25, 0.3) is 0 Å². The molecule has 3 aliphatic rings. The number of ether oxygens (including phenoxy) is 6. The molecule has 2 amide bonds. The van der Waals surface area contributed by atoms with E-state index in [1.165, 1.54) is 186 Å². The molecule has 23 heteroatoms. The van der Waals surface area contributed by atoms with E-state index in [2.05, 4.69) is 48.8 Å². The van der Waals surface area contributed by atoms with Gasteiger partial charge in [0.1, 0.15) is 67.1 Å². The fourth-order valence-electron chi connectivity index (χ4n) is 13.8. The maximum absolute atomic E-state index is 13.5. The molecular weight excluding hydrogens is 1280 g/mol. The number of amides is 2. The van der Waals surface area contributed by atoms with Crippen LogP contribution in [-0.2, 0) is 42.8 Å². The van der Waals surface area contributed by atoms with Gasteiger partial charge < -0.3 is 100 Å². The molecule has 3 rings (SSSR count). The third-order valence-electron chi connectivity index (χ3n) is 19.9. The SMILES string of the molecule is CC/C=C\C/C=C\CCCCCCCCCCCCCCCCC(=O)NC(COC1OC(CO)C(OC2OC(CO)C(O)C(OC3(C(=O)O)CC(O)C(NC(C)=O)C(C(O)C(O)CO)O3)C2O)C(O)C1O)C(O)CCCCCCCCCCCCCCCCCCCCCCCCCC. The highest BCUT2D eigenvalue weighted by Crippen LogP contribution is 2.39. The minimum atomic E-state index is -3.08. The molecule has 0 aliphatic carbocycles. The first-order valence-corrected chi connectivity index (χ1v) is 39.2. The van der Waals surface area contributed by atoms with Crippen molar-refractivity contribution in [2.75, 3.05) is 26.4 Å². The standard InChI is InChI=1S/C76H140N2O21/c1-4-6-8-10-12-14-16-18-20-22-24-26-27-28-30-31-33-35-37-39-41-43-45-47-49-58(83)57(78-63(86)50-48-46-44-42-40-38-36-34-32-29-25-23-21-19-17-15-13-11-9-7-5-2)55-94-73-68(90)67(89)70(62(54-81)96-73)97-74-69(91)72(66(88)61(53-80)95-74)99-76(75(92)93)51-59(84)64(77-56(3)82)71(98-76)65(87)60(85)52-79/h7,9,13,15,57-62,64-74,79-81,83-85,87-91H,4-6,8,10-12,14,16-55H2,1-3H3,(H,77,82)(H,78,86)(H,92,93)/b9-7-,15-13-. The Morgan fingerprint density at radius 1 is 0.535 bits per heavy atom. The molecule has 0 radical (unpaired) electrons. The highest BCUT2D eigenvalue weighted by atomic mass is 16.8. The molecule has 18 atom stereocenters. The van der Waals surface area contributed by atoms with E-state index in [4.69, 9.17) is 28.4 Å². The lowest BCUT2D eigenvalue weighted by Crippen LogP contribution is -2.70. The topological polar surface area (TPSA) is 373 Å². The fraction of sp³-hybridized carbons (Fsp3) is 0.908. The number of hydrogen-bond donors (Lipinski definition) is 14. The van der Waals surface area contributed by atoms with Crippen molar-refractivity contribution in [1.82, 2.24) is 10.6 Å². The van der Waals surface area contributed by atoms with Crippen LogP contribution in [0.3, 0.4) is 0 Å². The summed E-state index contributed by atoms with van der Waals surface area (Å²) in [6.45, 7) is 2.15. The van der Waals surface area contributed by atoms with E-state index in [-0.39, 0.29) is 18.9 Å². The van der Waals surface area contributed by atoms with Gasteiger partial charge in [-0.25, -0.2) is 4.79 Å². The summed E-state index contributed by atoms with van der Waals surface area (Å²) in [5.41, 5.74) is 0. The van der Waals surface area contributed by atoms with Gasteiger partial charge in [0.15, 0.2) is 12.6 Å². The Kier molecular flexibility index (Phi) is 50.8. The van der Waals surface area contributed by atoms with E-state index in [1.54, 1.807) is 0 Å².